The van der Waals surface area contributed by atoms with Crippen LogP contribution in [-0.2, 0) is 0 Å². The van der Waals surface area contributed by atoms with E-state index in [2.05, 4.69) is 21.6 Å². The number of aromatic nitrogens is 4. The number of ether oxygens (including phenoxy) is 1. The molecule has 166 valence electrons. The molecule has 0 amide bonds. The standard InChI is InChI=1S/C22H19FN6O.2ClH/c23-16-8-10-25-11-9-18(16)30-19-3-1-2-15-5-6-17(26-21(15)19)22-28-27-20-7-4-14(12-24)13-29(20)22;;/h1-7,13,16,18,25H,8-11H2;2*1H. The van der Waals surface area contributed by atoms with Crippen LogP contribution in [0.4, 0.5) is 4.39 Å². The maximum Gasteiger partial charge on any atom is 0.187 e. The highest BCUT2D eigenvalue weighted by Gasteiger charge is 2.25. The zero-order chi connectivity index (χ0) is 20.5. The van der Waals surface area contributed by atoms with E-state index >= 15 is 0 Å². The molecule has 2 atom stereocenters. The zero-order valence-corrected chi connectivity index (χ0v) is 18.6. The molecule has 0 spiro atoms. The monoisotopic (exact) mass is 474 g/mol. The third-order valence-corrected chi connectivity index (χ3v) is 5.33. The first-order valence-electron chi connectivity index (χ1n) is 9.89. The van der Waals surface area contributed by atoms with Gasteiger partial charge in [0.05, 0.1) is 5.56 Å². The minimum atomic E-state index is -1.02. The molecule has 1 saturated heterocycles. The van der Waals surface area contributed by atoms with Gasteiger partial charge in [-0.1, -0.05) is 18.2 Å². The van der Waals surface area contributed by atoms with Crippen molar-refractivity contribution in [3.63, 3.8) is 0 Å². The SMILES string of the molecule is Cl.Cl.N#Cc1ccc2nnc(-c3ccc4cccc(OC5CCNCCC5F)c4n3)n2c1. The summed E-state index contributed by atoms with van der Waals surface area (Å²) in [5.74, 6) is 1.08. The van der Waals surface area contributed by atoms with Gasteiger partial charge in [0.25, 0.3) is 0 Å². The van der Waals surface area contributed by atoms with Crippen LogP contribution >= 0.6 is 24.8 Å². The van der Waals surface area contributed by atoms with Crippen LogP contribution in [-0.4, -0.2) is 44.9 Å². The first-order valence-corrected chi connectivity index (χ1v) is 9.89. The molecular weight excluding hydrogens is 454 g/mol. The molecule has 0 radical (unpaired) electrons. The zero-order valence-electron chi connectivity index (χ0n) is 16.9. The number of hydrogen-bond acceptors (Lipinski definition) is 6. The number of pyridine rings is 2. The van der Waals surface area contributed by atoms with Crippen molar-refractivity contribution >= 4 is 41.4 Å². The van der Waals surface area contributed by atoms with E-state index in [-0.39, 0.29) is 24.8 Å². The fraction of sp³-hybridized carbons (Fsp3) is 0.273. The molecule has 4 heterocycles. The summed E-state index contributed by atoms with van der Waals surface area (Å²) in [7, 11) is 0. The highest BCUT2D eigenvalue weighted by molar-refractivity contribution is 5.86. The van der Waals surface area contributed by atoms with Gasteiger partial charge in [-0.25, -0.2) is 9.37 Å². The second-order valence-electron chi connectivity index (χ2n) is 7.31. The van der Waals surface area contributed by atoms with Crippen molar-refractivity contribution in [2.24, 2.45) is 0 Å². The number of alkyl halides is 1. The van der Waals surface area contributed by atoms with Crippen LogP contribution in [0, 0.1) is 11.3 Å². The average molecular weight is 475 g/mol. The van der Waals surface area contributed by atoms with E-state index in [1.807, 2.05) is 30.3 Å². The normalized spacial score (nSPS) is 18.2. The number of nitriles is 1. The lowest BCUT2D eigenvalue weighted by molar-refractivity contribution is 0.0983. The fourth-order valence-electron chi connectivity index (χ4n) is 3.74. The number of benzene rings is 1. The second-order valence-corrected chi connectivity index (χ2v) is 7.31. The van der Waals surface area contributed by atoms with E-state index in [1.165, 1.54) is 0 Å². The van der Waals surface area contributed by atoms with Gasteiger partial charge >= 0.3 is 0 Å². The maximum absolute atomic E-state index is 14.5. The second kappa shape index (κ2) is 10.1. The van der Waals surface area contributed by atoms with Gasteiger partial charge in [0.15, 0.2) is 11.5 Å². The summed E-state index contributed by atoms with van der Waals surface area (Å²) >= 11 is 0. The number of nitrogens with one attached hydrogen (secondary N) is 1. The van der Waals surface area contributed by atoms with Crippen LogP contribution in [0.25, 0.3) is 28.1 Å². The van der Waals surface area contributed by atoms with Gasteiger partial charge in [0.1, 0.15) is 35.3 Å². The molecule has 32 heavy (non-hydrogen) atoms. The third-order valence-electron chi connectivity index (χ3n) is 5.33. The Morgan fingerprint density at radius 2 is 1.91 bits per heavy atom. The molecule has 0 saturated carbocycles. The fourth-order valence-corrected chi connectivity index (χ4v) is 3.74. The Balaban J connectivity index is 0.00000144. The molecule has 0 bridgehead atoms. The van der Waals surface area contributed by atoms with Crippen LogP contribution < -0.4 is 10.1 Å². The Morgan fingerprint density at radius 1 is 1.06 bits per heavy atom. The summed E-state index contributed by atoms with van der Waals surface area (Å²) in [6.45, 7) is 1.38. The number of rotatable bonds is 3. The van der Waals surface area contributed by atoms with Gasteiger partial charge in [-0.15, -0.1) is 35.0 Å². The largest absolute Gasteiger partial charge is 0.485 e. The molecule has 3 aromatic heterocycles. The van der Waals surface area contributed by atoms with Gasteiger partial charge < -0.3 is 10.1 Å². The summed E-state index contributed by atoms with van der Waals surface area (Å²) in [6.07, 6.45) is 1.18. The molecule has 5 rings (SSSR count). The predicted octanol–water partition coefficient (Wildman–Crippen LogP) is 4.13. The van der Waals surface area contributed by atoms with Gasteiger partial charge in [-0.3, -0.25) is 4.40 Å². The van der Waals surface area contributed by atoms with Crippen LogP contribution in [0.1, 0.15) is 18.4 Å². The first kappa shape index (κ1) is 23.7. The molecule has 1 aromatic carbocycles. The smallest absolute Gasteiger partial charge is 0.187 e. The average Bonchev–Trinajstić information content (AvgIpc) is 3.10. The van der Waals surface area contributed by atoms with Crippen molar-refractivity contribution in [1.82, 2.24) is 24.9 Å². The lowest BCUT2D eigenvalue weighted by Crippen LogP contribution is -2.28. The van der Waals surface area contributed by atoms with E-state index in [4.69, 9.17) is 9.72 Å². The van der Waals surface area contributed by atoms with E-state index in [1.54, 1.807) is 22.7 Å². The molecule has 4 aromatic rings. The van der Waals surface area contributed by atoms with Crippen molar-refractivity contribution in [1.29, 1.82) is 5.26 Å². The Hall–Kier alpha value is -2.99. The molecule has 0 aliphatic carbocycles. The molecule has 1 aliphatic rings. The van der Waals surface area contributed by atoms with E-state index in [0.29, 0.717) is 53.4 Å². The molecule has 1 N–H and O–H groups in total. The van der Waals surface area contributed by atoms with E-state index in [9.17, 15) is 9.65 Å². The number of halogens is 3. The molecule has 10 heteroatoms. The minimum Gasteiger partial charge on any atom is -0.485 e. The Bertz CT molecular complexity index is 1270. The van der Waals surface area contributed by atoms with Crippen molar-refractivity contribution in [2.75, 3.05) is 13.1 Å². The van der Waals surface area contributed by atoms with E-state index in [0.717, 1.165) is 11.9 Å². The Morgan fingerprint density at radius 3 is 2.75 bits per heavy atom. The molecule has 7 nitrogen and oxygen atoms in total. The quantitative estimate of drug-likeness (QED) is 0.480. The lowest BCUT2D eigenvalue weighted by Gasteiger charge is -2.21. The van der Waals surface area contributed by atoms with Gasteiger partial charge in [-0.2, -0.15) is 5.26 Å². The molecule has 1 aliphatic heterocycles. The summed E-state index contributed by atoms with van der Waals surface area (Å²) in [4.78, 5) is 4.77. The summed E-state index contributed by atoms with van der Waals surface area (Å²) in [5.41, 5.74) is 2.37. The van der Waals surface area contributed by atoms with Gasteiger partial charge in [-0.05, 0) is 50.2 Å². The minimum absolute atomic E-state index is 0. The number of para-hydroxylation sites is 1. The van der Waals surface area contributed by atoms with Crippen LogP contribution in [0.3, 0.4) is 0 Å². The highest BCUT2D eigenvalue weighted by atomic mass is 35.5. The summed E-state index contributed by atoms with van der Waals surface area (Å²) in [6, 6.07) is 15.0. The summed E-state index contributed by atoms with van der Waals surface area (Å²) < 4.78 is 22.3. The van der Waals surface area contributed by atoms with Gasteiger partial charge in [0, 0.05) is 11.6 Å². The molecule has 2 unspecified atom stereocenters. The topological polar surface area (TPSA) is 88.1 Å². The van der Waals surface area contributed by atoms with Crippen molar-refractivity contribution in [3.8, 4) is 23.3 Å². The van der Waals surface area contributed by atoms with Crippen LogP contribution in [0.15, 0.2) is 48.7 Å². The maximum atomic E-state index is 14.5. The predicted molar refractivity (Wildman–Crippen MR) is 124 cm³/mol. The number of hydrogen-bond donors (Lipinski definition) is 1. The first-order chi connectivity index (χ1) is 14.7. The number of nitrogens with zero attached hydrogens (tertiary/aromatic N) is 5. The van der Waals surface area contributed by atoms with Crippen molar-refractivity contribution in [3.05, 3.63) is 54.2 Å². The molecular formula is C22H21Cl2FN6O. The Labute approximate surface area is 196 Å². The Kier molecular flexibility index (Phi) is 7.46. The highest BCUT2D eigenvalue weighted by Crippen LogP contribution is 2.29. The molecule has 1 fully saturated rings. The lowest BCUT2D eigenvalue weighted by atomic mass is 10.1. The van der Waals surface area contributed by atoms with Crippen LogP contribution in [0.5, 0.6) is 5.75 Å². The van der Waals surface area contributed by atoms with Crippen LogP contribution in [0.2, 0.25) is 0 Å². The third kappa shape index (κ3) is 4.46. The van der Waals surface area contributed by atoms with Crippen molar-refractivity contribution in [2.45, 2.75) is 25.1 Å². The van der Waals surface area contributed by atoms with Gasteiger partial charge in [0.2, 0.25) is 0 Å². The van der Waals surface area contributed by atoms with Crippen molar-refractivity contribution < 1.29 is 9.13 Å². The number of fused-ring (bicyclic) bond motifs is 2. The summed E-state index contributed by atoms with van der Waals surface area (Å²) in [5, 5.41) is 21.7. The van der Waals surface area contributed by atoms with E-state index < -0.39 is 12.3 Å².